The molecule has 2 aromatic rings. The number of aromatic nitrogens is 2. The van der Waals surface area contributed by atoms with E-state index in [0.29, 0.717) is 6.54 Å². The summed E-state index contributed by atoms with van der Waals surface area (Å²) in [7, 11) is 1.96. The molecule has 21 heavy (non-hydrogen) atoms. The topological polar surface area (TPSA) is 50.2 Å². The highest BCUT2D eigenvalue weighted by Gasteiger charge is 2.31. The normalized spacial score (nSPS) is 18.4. The van der Waals surface area contributed by atoms with Crippen molar-refractivity contribution in [2.24, 2.45) is 7.05 Å². The molecule has 0 aliphatic carbocycles. The van der Waals surface area contributed by atoms with Crippen LogP contribution in [-0.4, -0.2) is 40.0 Å². The molecule has 0 spiro atoms. The molecule has 0 radical (unpaired) electrons. The van der Waals surface area contributed by atoms with Crippen molar-refractivity contribution in [2.45, 2.75) is 6.04 Å². The SMILES string of the molecule is Cl.Cn1ccnc1C1CNCCN1C(=O)c1cc(Br)cs1. The van der Waals surface area contributed by atoms with Crippen molar-refractivity contribution >= 4 is 45.6 Å². The molecular formula is C13H16BrClN4OS. The molecule has 0 saturated carbocycles. The summed E-state index contributed by atoms with van der Waals surface area (Å²) >= 11 is 4.87. The second-order valence-electron chi connectivity index (χ2n) is 4.74. The number of carbonyl (C=O) groups excluding carboxylic acids is 1. The van der Waals surface area contributed by atoms with E-state index in [4.69, 9.17) is 0 Å². The first-order valence-corrected chi connectivity index (χ1v) is 8.07. The molecule has 3 rings (SSSR count). The van der Waals surface area contributed by atoms with Crippen LogP contribution in [0.2, 0.25) is 0 Å². The summed E-state index contributed by atoms with van der Waals surface area (Å²) in [6, 6.07) is 1.86. The molecule has 0 bridgehead atoms. The quantitative estimate of drug-likeness (QED) is 0.855. The fourth-order valence-corrected chi connectivity index (χ4v) is 3.82. The number of halogens is 2. The molecule has 3 heterocycles. The zero-order chi connectivity index (χ0) is 14.1. The van der Waals surface area contributed by atoms with Crippen LogP contribution in [-0.2, 0) is 7.05 Å². The van der Waals surface area contributed by atoms with Gasteiger partial charge < -0.3 is 14.8 Å². The Morgan fingerprint density at radius 3 is 3.00 bits per heavy atom. The van der Waals surface area contributed by atoms with E-state index in [1.165, 1.54) is 11.3 Å². The van der Waals surface area contributed by atoms with Crippen LogP contribution in [0.25, 0.3) is 0 Å². The summed E-state index contributed by atoms with van der Waals surface area (Å²) in [5.74, 6) is 0.997. The number of rotatable bonds is 2. The highest BCUT2D eigenvalue weighted by molar-refractivity contribution is 9.10. The Balaban J connectivity index is 0.00000161. The largest absolute Gasteiger partial charge is 0.336 e. The molecule has 1 N–H and O–H groups in total. The third-order valence-corrected chi connectivity index (χ3v) is 5.12. The van der Waals surface area contributed by atoms with Gasteiger partial charge in [-0.15, -0.1) is 23.7 Å². The lowest BCUT2D eigenvalue weighted by Gasteiger charge is -2.35. The van der Waals surface area contributed by atoms with Gasteiger partial charge in [-0.25, -0.2) is 4.98 Å². The molecule has 1 atom stereocenters. The van der Waals surface area contributed by atoms with Crippen molar-refractivity contribution in [3.05, 3.63) is 39.0 Å². The van der Waals surface area contributed by atoms with Gasteiger partial charge in [0, 0.05) is 48.9 Å². The molecule has 8 heteroatoms. The lowest BCUT2D eigenvalue weighted by Crippen LogP contribution is -2.49. The maximum atomic E-state index is 12.7. The van der Waals surface area contributed by atoms with Gasteiger partial charge in [-0.05, 0) is 22.0 Å². The summed E-state index contributed by atoms with van der Waals surface area (Å²) in [5.41, 5.74) is 0. The number of carbonyl (C=O) groups is 1. The molecule has 0 aromatic carbocycles. The first-order valence-electron chi connectivity index (χ1n) is 6.40. The van der Waals surface area contributed by atoms with Crippen LogP contribution >= 0.6 is 39.7 Å². The number of nitrogens with zero attached hydrogens (tertiary/aromatic N) is 3. The van der Waals surface area contributed by atoms with Gasteiger partial charge in [0.15, 0.2) is 0 Å². The fourth-order valence-electron chi connectivity index (χ4n) is 2.44. The van der Waals surface area contributed by atoms with E-state index < -0.39 is 0 Å². The number of nitrogens with one attached hydrogen (secondary N) is 1. The molecule has 1 aliphatic heterocycles. The van der Waals surface area contributed by atoms with E-state index >= 15 is 0 Å². The van der Waals surface area contributed by atoms with Crippen LogP contribution in [0.1, 0.15) is 21.5 Å². The highest BCUT2D eigenvalue weighted by atomic mass is 79.9. The average molecular weight is 392 g/mol. The zero-order valence-electron chi connectivity index (χ0n) is 11.5. The van der Waals surface area contributed by atoms with Crippen molar-refractivity contribution < 1.29 is 4.79 Å². The average Bonchev–Trinajstić information content (AvgIpc) is 3.07. The fraction of sp³-hybridized carbons (Fsp3) is 0.385. The van der Waals surface area contributed by atoms with E-state index in [1.807, 2.05) is 34.2 Å². The van der Waals surface area contributed by atoms with Gasteiger partial charge in [0.05, 0.1) is 4.88 Å². The van der Waals surface area contributed by atoms with Crippen LogP contribution in [0, 0.1) is 0 Å². The van der Waals surface area contributed by atoms with Crippen LogP contribution in [0.5, 0.6) is 0 Å². The second kappa shape index (κ2) is 6.91. The third-order valence-electron chi connectivity index (χ3n) is 3.44. The summed E-state index contributed by atoms with van der Waals surface area (Å²) < 4.78 is 2.93. The molecule has 1 amide bonds. The Bertz CT molecular complexity index is 629. The van der Waals surface area contributed by atoms with Gasteiger partial charge in [0.1, 0.15) is 11.9 Å². The summed E-state index contributed by atoms with van der Waals surface area (Å²) in [4.78, 5) is 19.8. The second-order valence-corrected chi connectivity index (χ2v) is 6.57. The van der Waals surface area contributed by atoms with Crippen molar-refractivity contribution in [1.82, 2.24) is 19.8 Å². The molecule has 1 aliphatic rings. The Morgan fingerprint density at radius 1 is 1.57 bits per heavy atom. The smallest absolute Gasteiger partial charge is 0.264 e. The molecule has 5 nitrogen and oxygen atoms in total. The van der Waals surface area contributed by atoms with Crippen LogP contribution in [0.15, 0.2) is 28.3 Å². The van der Waals surface area contributed by atoms with Gasteiger partial charge >= 0.3 is 0 Å². The molecule has 1 saturated heterocycles. The first kappa shape index (κ1) is 16.5. The van der Waals surface area contributed by atoms with Gasteiger partial charge in [0.25, 0.3) is 5.91 Å². The maximum Gasteiger partial charge on any atom is 0.264 e. The summed E-state index contributed by atoms with van der Waals surface area (Å²) in [6.07, 6.45) is 3.68. The van der Waals surface area contributed by atoms with E-state index in [0.717, 1.165) is 28.3 Å². The Labute approximate surface area is 141 Å². The highest BCUT2D eigenvalue weighted by Crippen LogP contribution is 2.26. The minimum absolute atomic E-state index is 0. The van der Waals surface area contributed by atoms with E-state index in [2.05, 4.69) is 26.2 Å². The monoisotopic (exact) mass is 390 g/mol. The molecule has 114 valence electrons. The Hall–Kier alpha value is -0.890. The van der Waals surface area contributed by atoms with Crippen molar-refractivity contribution in [3.8, 4) is 0 Å². The predicted octanol–water partition coefficient (Wildman–Crippen LogP) is 2.45. The minimum atomic E-state index is -0.0166. The Morgan fingerprint density at radius 2 is 2.38 bits per heavy atom. The number of aryl methyl sites for hydroxylation is 1. The number of piperazine rings is 1. The molecular weight excluding hydrogens is 376 g/mol. The molecule has 1 fully saturated rings. The third kappa shape index (κ3) is 3.31. The number of amides is 1. The van der Waals surface area contributed by atoms with E-state index in [-0.39, 0.29) is 24.4 Å². The number of imidazole rings is 1. The van der Waals surface area contributed by atoms with Crippen LogP contribution < -0.4 is 5.32 Å². The lowest BCUT2D eigenvalue weighted by molar-refractivity contribution is 0.0626. The van der Waals surface area contributed by atoms with Crippen molar-refractivity contribution in [1.29, 1.82) is 0 Å². The number of thiophene rings is 1. The van der Waals surface area contributed by atoms with Crippen molar-refractivity contribution in [2.75, 3.05) is 19.6 Å². The predicted molar refractivity (Wildman–Crippen MR) is 89.1 cm³/mol. The van der Waals surface area contributed by atoms with Crippen LogP contribution in [0.4, 0.5) is 0 Å². The van der Waals surface area contributed by atoms with Crippen molar-refractivity contribution in [3.63, 3.8) is 0 Å². The van der Waals surface area contributed by atoms with Gasteiger partial charge in [-0.1, -0.05) is 0 Å². The van der Waals surface area contributed by atoms with Crippen LogP contribution in [0.3, 0.4) is 0 Å². The van der Waals surface area contributed by atoms with Gasteiger partial charge in [0.2, 0.25) is 0 Å². The van der Waals surface area contributed by atoms with Gasteiger partial charge in [-0.3, -0.25) is 4.79 Å². The van der Waals surface area contributed by atoms with E-state index in [9.17, 15) is 4.79 Å². The number of hydrogen-bond donors (Lipinski definition) is 1. The minimum Gasteiger partial charge on any atom is -0.336 e. The first-order chi connectivity index (χ1) is 9.66. The molecule has 2 aromatic heterocycles. The molecule has 1 unspecified atom stereocenters. The number of hydrogen-bond acceptors (Lipinski definition) is 4. The summed E-state index contributed by atoms with van der Waals surface area (Å²) in [5, 5.41) is 5.27. The van der Waals surface area contributed by atoms with E-state index in [1.54, 1.807) is 6.20 Å². The van der Waals surface area contributed by atoms with Gasteiger partial charge in [-0.2, -0.15) is 0 Å². The maximum absolute atomic E-state index is 12.7. The Kier molecular flexibility index (Phi) is 5.43. The summed E-state index contributed by atoms with van der Waals surface area (Å²) in [6.45, 7) is 2.26. The zero-order valence-corrected chi connectivity index (χ0v) is 14.7. The lowest BCUT2D eigenvalue weighted by atomic mass is 10.1. The standard InChI is InChI=1S/C13H15BrN4OS.ClH/c1-17-4-3-16-12(17)10-7-15-2-5-18(10)13(19)11-6-9(14)8-20-11;/h3-4,6,8,10,15H,2,5,7H2,1H3;1H.